The first-order chi connectivity index (χ1) is 47.2. The SMILES string of the molecule is [2H]C([2H])([2H])c1cccc(-c2cnc(-n3c4ccccc4c4ccc(Oc5cccc(N6CN(c7c(-c8cc(C(C)(C)C)cc(C(C)(C)C)c8)cc(C(C)(C)C)cc7-c7ccc8c(c7)-c7ccccc7C87c8ccccc8Cc8ccccc87)c7ccccc76)c5)cc43)cc2C(C)(C)C)c1. The fourth-order valence-corrected chi connectivity index (χ4v) is 15.8. The van der Waals surface area contributed by atoms with Crippen LogP contribution in [0.2, 0.25) is 0 Å². The Bertz CT molecular complexity index is 5350. The van der Waals surface area contributed by atoms with Crippen molar-refractivity contribution in [2.75, 3.05) is 16.5 Å². The third kappa shape index (κ3) is 9.98. The van der Waals surface area contributed by atoms with Gasteiger partial charge in [-0.2, -0.15) is 0 Å². The second kappa shape index (κ2) is 22.2. The van der Waals surface area contributed by atoms with Gasteiger partial charge >= 0.3 is 0 Å². The van der Waals surface area contributed by atoms with Crippen LogP contribution in [0.25, 0.3) is 72.1 Å². The van der Waals surface area contributed by atoms with E-state index in [0.29, 0.717) is 23.7 Å². The van der Waals surface area contributed by atoms with Gasteiger partial charge in [0.2, 0.25) is 0 Å². The molecule has 3 aliphatic rings. The maximum absolute atomic E-state index is 8.19. The molecule has 2 aromatic heterocycles. The lowest BCUT2D eigenvalue weighted by atomic mass is 9.61. The van der Waals surface area contributed by atoms with E-state index >= 15 is 0 Å². The van der Waals surface area contributed by atoms with Gasteiger partial charge in [0.05, 0.1) is 33.5 Å². The number of nitrogens with zero attached hydrogens (tertiary/aromatic N) is 4. The van der Waals surface area contributed by atoms with Gasteiger partial charge in [-0.15, -0.1) is 0 Å². The summed E-state index contributed by atoms with van der Waals surface area (Å²) in [4.78, 5) is 10.2. The normalized spacial score (nSPS) is 14.6. The van der Waals surface area contributed by atoms with E-state index in [2.05, 4.69) is 316 Å². The summed E-state index contributed by atoms with van der Waals surface area (Å²) in [5.41, 5.74) is 27.6. The van der Waals surface area contributed by atoms with Gasteiger partial charge in [0, 0.05) is 55.6 Å². The molecule has 11 aromatic carbocycles. The molecule has 16 rings (SSSR count). The second-order valence-electron chi connectivity index (χ2n) is 31.1. The van der Waals surface area contributed by atoms with Crippen molar-refractivity contribution in [2.45, 2.75) is 123 Å². The van der Waals surface area contributed by atoms with Gasteiger partial charge in [0.25, 0.3) is 0 Å². The standard InChI is InChI=1S/C91H84N4O/c1-57-26-24-29-58(44-57)75-55-92-85(54-80(75)90(11,12)13)95-81-37-21-17-33-70(81)71-42-41-68(53-84(71)95)96-67-31-25-30-66(52-67)93-56-94(83-39-23-22-38-82(83)93)86-72(50-65(89(8,9)10)51-73(86)62-46-63(87(2,3)4)49-64(47-62)88(5,6)7)59-40-43-79-74(48-59)69-32-16-20-36-78(69)91(79)76-34-18-14-27-60(76)45-61-28-15-19-35-77(61)91/h14-44,46-55H,45,56H2,1-13H3/i1D3. The summed E-state index contributed by atoms with van der Waals surface area (Å²) < 4.78 is 33.9. The molecule has 0 amide bonds. The molecule has 0 radical (unpaired) electrons. The predicted octanol–water partition coefficient (Wildman–Crippen LogP) is 24.0. The number of benzene rings is 11. The average molecular weight is 1250 g/mol. The molecule has 5 nitrogen and oxygen atoms in total. The molecule has 474 valence electrons. The minimum absolute atomic E-state index is 0.116. The van der Waals surface area contributed by atoms with Crippen LogP contribution < -0.4 is 14.5 Å². The Kier molecular flexibility index (Phi) is 13.2. The quantitative estimate of drug-likeness (QED) is 0.152. The Labute approximate surface area is 571 Å². The van der Waals surface area contributed by atoms with Crippen LogP contribution in [0.4, 0.5) is 22.7 Å². The highest BCUT2D eigenvalue weighted by molar-refractivity contribution is 6.10. The van der Waals surface area contributed by atoms with Gasteiger partial charge in [-0.25, -0.2) is 4.98 Å². The summed E-state index contributed by atoms with van der Waals surface area (Å²) in [5.74, 6) is 2.17. The monoisotopic (exact) mass is 1250 g/mol. The first-order valence-corrected chi connectivity index (χ1v) is 34.1. The molecule has 0 saturated carbocycles. The number of para-hydroxylation sites is 3. The van der Waals surface area contributed by atoms with Gasteiger partial charge in [0.1, 0.15) is 24.0 Å². The van der Waals surface area contributed by atoms with E-state index in [0.717, 1.165) is 73.5 Å². The van der Waals surface area contributed by atoms with Crippen molar-refractivity contribution in [3.05, 3.63) is 310 Å². The molecule has 0 atom stereocenters. The van der Waals surface area contributed by atoms with E-state index in [1.165, 1.54) is 83.5 Å². The molecular formula is C91H84N4O. The number of aryl methyl sites for hydroxylation is 1. The lowest BCUT2D eigenvalue weighted by molar-refractivity contribution is 0.483. The molecule has 1 aliphatic heterocycles. The number of ether oxygens (including phenoxy) is 1. The molecule has 13 aromatic rings. The maximum Gasteiger partial charge on any atom is 0.137 e. The van der Waals surface area contributed by atoms with Crippen molar-refractivity contribution in [1.82, 2.24) is 9.55 Å². The third-order valence-electron chi connectivity index (χ3n) is 20.7. The first-order valence-electron chi connectivity index (χ1n) is 35.6. The highest BCUT2D eigenvalue weighted by Crippen LogP contribution is 2.61. The molecular weight excluding hydrogens is 1170 g/mol. The fourth-order valence-electron chi connectivity index (χ4n) is 15.8. The minimum atomic E-state index is -2.23. The Morgan fingerprint density at radius 2 is 0.990 bits per heavy atom. The molecule has 0 unspecified atom stereocenters. The van der Waals surface area contributed by atoms with E-state index in [1.807, 2.05) is 18.3 Å². The minimum Gasteiger partial charge on any atom is -0.457 e. The lowest BCUT2D eigenvalue weighted by Gasteiger charge is -2.40. The zero-order chi connectivity index (χ0) is 68.9. The van der Waals surface area contributed by atoms with Crippen LogP contribution >= 0.6 is 0 Å². The summed E-state index contributed by atoms with van der Waals surface area (Å²) in [7, 11) is 0. The molecule has 3 heterocycles. The van der Waals surface area contributed by atoms with E-state index in [1.54, 1.807) is 12.1 Å². The summed E-state index contributed by atoms with van der Waals surface area (Å²) in [6, 6.07) is 89.1. The molecule has 0 saturated heterocycles. The van der Waals surface area contributed by atoms with Crippen LogP contribution in [0.5, 0.6) is 11.5 Å². The van der Waals surface area contributed by atoms with E-state index < -0.39 is 12.3 Å². The van der Waals surface area contributed by atoms with Crippen LogP contribution in [-0.2, 0) is 33.5 Å². The van der Waals surface area contributed by atoms with Crippen LogP contribution in [0.15, 0.2) is 249 Å². The number of aromatic nitrogens is 2. The topological polar surface area (TPSA) is 33.5 Å². The van der Waals surface area contributed by atoms with Crippen LogP contribution in [-0.4, -0.2) is 16.2 Å². The summed E-state index contributed by atoms with van der Waals surface area (Å²) in [6.07, 6.45) is 2.81. The molecule has 1 spiro atoms. The highest BCUT2D eigenvalue weighted by atomic mass is 16.5. The largest absolute Gasteiger partial charge is 0.457 e. The fraction of sp³-hybridized carbons (Fsp3) is 0.220. The Morgan fingerprint density at radius 3 is 1.69 bits per heavy atom. The zero-order valence-corrected chi connectivity index (χ0v) is 57.3. The molecule has 0 fully saturated rings. The summed E-state index contributed by atoms with van der Waals surface area (Å²) in [6.45, 7) is 26.0. The molecule has 0 bridgehead atoms. The Hall–Kier alpha value is -10.2. The number of anilines is 4. The number of hydrogen-bond donors (Lipinski definition) is 0. The van der Waals surface area contributed by atoms with E-state index in [9.17, 15) is 0 Å². The molecule has 96 heavy (non-hydrogen) atoms. The van der Waals surface area contributed by atoms with Crippen LogP contribution in [0.1, 0.15) is 148 Å². The third-order valence-corrected chi connectivity index (χ3v) is 20.7. The highest BCUT2D eigenvalue weighted by Gasteiger charge is 2.50. The molecule has 2 aliphatic carbocycles. The van der Waals surface area contributed by atoms with Crippen molar-refractivity contribution in [3.63, 3.8) is 0 Å². The number of rotatable bonds is 8. The van der Waals surface area contributed by atoms with E-state index in [-0.39, 0.29) is 21.7 Å². The number of fused-ring (bicyclic) bond motifs is 13. The van der Waals surface area contributed by atoms with Gasteiger partial charge in [0.15, 0.2) is 0 Å². The predicted molar refractivity (Wildman–Crippen MR) is 403 cm³/mol. The zero-order valence-electron chi connectivity index (χ0n) is 60.3. The Morgan fingerprint density at radius 1 is 0.406 bits per heavy atom. The molecule has 5 heteroatoms. The maximum atomic E-state index is 8.19. The van der Waals surface area contributed by atoms with Crippen molar-refractivity contribution >= 4 is 44.6 Å². The van der Waals surface area contributed by atoms with Gasteiger partial charge in [-0.3, -0.25) is 4.57 Å². The second-order valence-corrected chi connectivity index (χ2v) is 31.1. The van der Waals surface area contributed by atoms with Crippen molar-refractivity contribution in [3.8, 4) is 61.8 Å². The van der Waals surface area contributed by atoms with Gasteiger partial charge < -0.3 is 14.5 Å². The molecule has 0 N–H and O–H groups in total. The van der Waals surface area contributed by atoms with Crippen molar-refractivity contribution in [2.24, 2.45) is 0 Å². The van der Waals surface area contributed by atoms with E-state index in [4.69, 9.17) is 13.8 Å². The summed E-state index contributed by atoms with van der Waals surface area (Å²) >= 11 is 0. The van der Waals surface area contributed by atoms with Gasteiger partial charge in [-0.1, -0.05) is 252 Å². The smallest absolute Gasteiger partial charge is 0.137 e. The van der Waals surface area contributed by atoms with Crippen molar-refractivity contribution < 1.29 is 8.85 Å². The first kappa shape index (κ1) is 57.2. The average Bonchev–Trinajstić information content (AvgIpc) is 1.48. The van der Waals surface area contributed by atoms with Crippen LogP contribution in [0.3, 0.4) is 0 Å². The summed E-state index contributed by atoms with van der Waals surface area (Å²) in [5, 5.41) is 2.19. The van der Waals surface area contributed by atoms with Gasteiger partial charge in [-0.05, 0) is 185 Å². The lowest BCUT2D eigenvalue weighted by Crippen LogP contribution is -2.34. The van der Waals surface area contributed by atoms with Crippen LogP contribution in [0, 0.1) is 6.85 Å². The van der Waals surface area contributed by atoms with Crippen molar-refractivity contribution in [1.29, 1.82) is 0 Å². The number of hydrogen-bond acceptors (Lipinski definition) is 4. The number of pyridine rings is 1. The Balaban J connectivity index is 0.838.